The summed E-state index contributed by atoms with van der Waals surface area (Å²) in [7, 11) is -1.84. The summed E-state index contributed by atoms with van der Waals surface area (Å²) < 4.78 is 26.8. The summed E-state index contributed by atoms with van der Waals surface area (Å²) in [4.78, 5) is 11.3. The Balaban J connectivity index is 1.62. The van der Waals surface area contributed by atoms with Crippen LogP contribution < -0.4 is 24.6 Å². The molecule has 1 heterocycles. The Bertz CT molecular complexity index is 1480. The van der Waals surface area contributed by atoms with Gasteiger partial charge in [-0.3, -0.25) is 0 Å². The first-order valence-corrected chi connectivity index (χ1v) is 17.9. The monoisotopic (exact) mass is 655 g/mol. The van der Waals surface area contributed by atoms with Gasteiger partial charge < -0.3 is 28.8 Å². The van der Waals surface area contributed by atoms with Crippen LogP contribution in [0.4, 0.5) is 0 Å². The summed E-state index contributed by atoms with van der Waals surface area (Å²) in [5.74, 6) is 0.367. The smallest absolute Gasteiger partial charge is 0.341 e. The molecule has 8 heteroatoms. The van der Waals surface area contributed by atoms with E-state index < -0.39 is 45.5 Å². The molecule has 1 fully saturated rings. The van der Waals surface area contributed by atoms with Crippen LogP contribution in [0.2, 0.25) is 0 Å². The van der Waals surface area contributed by atoms with Crippen molar-refractivity contribution in [1.29, 1.82) is 0 Å². The maximum Gasteiger partial charge on any atom is 0.341 e. The average Bonchev–Trinajstić information content (AvgIpc) is 3.37. The molecule has 3 aromatic rings. The van der Waals surface area contributed by atoms with Gasteiger partial charge in [-0.15, -0.1) is 6.58 Å². The third-order valence-corrected chi connectivity index (χ3v) is 11.4. The zero-order chi connectivity index (χ0) is 33.6. The second-order valence-electron chi connectivity index (χ2n) is 13.8. The van der Waals surface area contributed by atoms with Gasteiger partial charge in [0, 0.05) is 5.92 Å². The zero-order valence-corrected chi connectivity index (χ0v) is 28.8. The van der Waals surface area contributed by atoms with Crippen LogP contribution in [-0.2, 0) is 9.22 Å². The molecule has 2 N–H and O–H groups in total. The first-order chi connectivity index (χ1) is 22.5. The van der Waals surface area contributed by atoms with Crippen molar-refractivity contribution >= 4 is 25.4 Å². The van der Waals surface area contributed by atoms with Gasteiger partial charge in [0.05, 0.1) is 6.10 Å². The Morgan fingerprint density at radius 2 is 1.70 bits per heavy atom. The van der Waals surface area contributed by atoms with E-state index in [0.29, 0.717) is 36.0 Å². The molecule has 0 saturated heterocycles. The number of hydrogen-bond donors (Lipinski definition) is 2. The van der Waals surface area contributed by atoms with E-state index in [-0.39, 0.29) is 11.3 Å². The predicted molar refractivity (Wildman–Crippen MR) is 186 cm³/mol. The summed E-state index contributed by atoms with van der Waals surface area (Å²) in [5, 5.41) is 22.8. The number of aliphatic hydroxyl groups is 1. The molecule has 1 radical (unpaired) electrons. The van der Waals surface area contributed by atoms with Gasteiger partial charge in [0.1, 0.15) is 11.7 Å². The number of ether oxygens (including phenoxy) is 3. The normalized spacial score (nSPS) is 23.3. The molecular formula is C39H47O7Si. The SMILES string of the molecule is C=CCC[C@H](C)C[C@H](O)C=C[C@]1(O[Si](c2ccccc2)c2ccccc2)[C@@H]2Oc3cccc(OCC(=O)O)c3O[C@H]2C[C@@H]1C(C)(C)C. The molecular weight excluding hydrogens is 609 g/mol. The lowest BCUT2D eigenvalue weighted by Gasteiger charge is -2.46. The highest BCUT2D eigenvalue weighted by Gasteiger charge is 2.63. The number of allylic oxidation sites excluding steroid dienone is 1. The van der Waals surface area contributed by atoms with Crippen molar-refractivity contribution in [3.05, 3.63) is 104 Å². The zero-order valence-electron chi connectivity index (χ0n) is 27.8. The highest BCUT2D eigenvalue weighted by atomic mass is 28.3. The lowest BCUT2D eigenvalue weighted by molar-refractivity contribution is -0.139. The second-order valence-corrected chi connectivity index (χ2v) is 15.8. The second kappa shape index (κ2) is 14.9. The lowest BCUT2D eigenvalue weighted by Crippen LogP contribution is -2.60. The highest BCUT2D eigenvalue weighted by Crippen LogP contribution is 2.55. The van der Waals surface area contributed by atoms with E-state index in [1.54, 1.807) is 12.1 Å². The molecule has 1 aliphatic heterocycles. The van der Waals surface area contributed by atoms with E-state index in [9.17, 15) is 15.0 Å². The lowest BCUT2D eigenvalue weighted by atomic mass is 9.71. The number of carbonyl (C=O) groups is 1. The average molecular weight is 656 g/mol. The van der Waals surface area contributed by atoms with Gasteiger partial charge >= 0.3 is 5.97 Å². The van der Waals surface area contributed by atoms with E-state index in [0.717, 1.165) is 23.2 Å². The Kier molecular flexibility index (Phi) is 10.9. The third-order valence-electron chi connectivity index (χ3n) is 9.09. The number of aliphatic hydroxyl groups excluding tert-OH is 1. The van der Waals surface area contributed by atoms with Gasteiger partial charge in [-0.25, -0.2) is 4.79 Å². The molecule has 6 atom stereocenters. The van der Waals surface area contributed by atoms with Crippen molar-refractivity contribution in [2.75, 3.05) is 6.61 Å². The maximum atomic E-state index is 11.3. The van der Waals surface area contributed by atoms with Gasteiger partial charge in [0.25, 0.3) is 9.04 Å². The molecule has 0 spiro atoms. The number of rotatable bonds is 14. The van der Waals surface area contributed by atoms with Gasteiger partial charge in [-0.1, -0.05) is 113 Å². The summed E-state index contributed by atoms with van der Waals surface area (Å²) in [6, 6.07) is 25.9. The predicted octanol–water partition coefficient (Wildman–Crippen LogP) is 6.20. The molecule has 5 rings (SSSR count). The van der Waals surface area contributed by atoms with Crippen LogP contribution in [0.25, 0.3) is 0 Å². The number of hydrogen-bond acceptors (Lipinski definition) is 6. The summed E-state index contributed by atoms with van der Waals surface area (Å²) in [6.45, 7) is 12.1. The van der Waals surface area contributed by atoms with Gasteiger partial charge in [0.15, 0.2) is 24.2 Å². The maximum absolute atomic E-state index is 11.3. The molecule has 0 aromatic heterocycles. The van der Waals surface area contributed by atoms with Crippen molar-refractivity contribution in [1.82, 2.24) is 0 Å². The van der Waals surface area contributed by atoms with Crippen LogP contribution in [0.3, 0.4) is 0 Å². The van der Waals surface area contributed by atoms with Gasteiger partial charge in [-0.2, -0.15) is 0 Å². The molecule has 0 unspecified atom stereocenters. The van der Waals surface area contributed by atoms with Crippen LogP contribution >= 0.6 is 0 Å². The van der Waals surface area contributed by atoms with Crippen LogP contribution in [0.1, 0.15) is 53.4 Å². The molecule has 2 aliphatic rings. The van der Waals surface area contributed by atoms with Gasteiger partial charge in [-0.05, 0) is 59.5 Å². The minimum atomic E-state index is -1.84. The number of fused-ring (bicyclic) bond motifs is 2. The Morgan fingerprint density at radius 1 is 1.04 bits per heavy atom. The quantitative estimate of drug-likeness (QED) is 0.158. The molecule has 47 heavy (non-hydrogen) atoms. The Labute approximate surface area is 280 Å². The summed E-state index contributed by atoms with van der Waals surface area (Å²) >= 11 is 0. The van der Waals surface area contributed by atoms with Crippen molar-refractivity contribution < 1.29 is 33.6 Å². The minimum absolute atomic E-state index is 0.0724. The minimum Gasteiger partial charge on any atom is -0.479 e. The fourth-order valence-electron chi connectivity index (χ4n) is 6.87. The van der Waals surface area contributed by atoms with Gasteiger partial charge in [0.2, 0.25) is 5.75 Å². The van der Waals surface area contributed by atoms with Crippen molar-refractivity contribution in [2.24, 2.45) is 17.3 Å². The molecule has 249 valence electrons. The van der Waals surface area contributed by atoms with Crippen molar-refractivity contribution in [3.8, 4) is 17.2 Å². The fourth-order valence-corrected chi connectivity index (χ4v) is 9.11. The summed E-state index contributed by atoms with van der Waals surface area (Å²) in [5.41, 5.74) is -1.23. The number of carboxylic acids is 1. The number of aliphatic carboxylic acids is 1. The number of carboxylic acid groups (broad SMARTS) is 1. The van der Waals surface area contributed by atoms with E-state index in [2.05, 4.69) is 64.6 Å². The molecule has 3 aromatic carbocycles. The Morgan fingerprint density at radius 3 is 2.30 bits per heavy atom. The topological polar surface area (TPSA) is 94.5 Å². The Hall–Kier alpha value is -3.85. The van der Waals surface area contributed by atoms with Crippen LogP contribution in [-0.4, -0.2) is 55.7 Å². The molecule has 0 bridgehead atoms. The van der Waals surface area contributed by atoms with Crippen molar-refractivity contribution in [3.63, 3.8) is 0 Å². The number of benzene rings is 3. The van der Waals surface area contributed by atoms with E-state index in [1.165, 1.54) is 0 Å². The van der Waals surface area contributed by atoms with E-state index in [1.807, 2.05) is 54.6 Å². The molecule has 0 amide bonds. The molecule has 1 saturated carbocycles. The van der Waals surface area contributed by atoms with E-state index >= 15 is 0 Å². The van der Waals surface area contributed by atoms with Crippen LogP contribution in [0.15, 0.2) is 104 Å². The highest BCUT2D eigenvalue weighted by molar-refractivity contribution is 6.80. The first kappa shape index (κ1) is 34.5. The fraction of sp³-hybridized carbons (Fsp3) is 0.410. The summed E-state index contributed by atoms with van der Waals surface area (Å²) in [6.07, 6.45) is 7.34. The molecule has 7 nitrogen and oxygen atoms in total. The van der Waals surface area contributed by atoms with E-state index in [4.69, 9.17) is 18.6 Å². The third kappa shape index (κ3) is 8.00. The standard InChI is InChI=1S/C39H47O7Si/c1-6-7-15-27(2)24-28(40)22-23-39(46-47(29-16-10-8-11-17-29)30-18-12-9-13-19-30)34(38(3,4)5)25-33-37(39)45-32-21-14-20-31(36(32)44-33)43-26-35(41)42/h6,8-14,16-23,27-28,33-34,37,40H,1,7,15,24-26H2,2-5H3,(H,41,42)/t27-,28+,33-,34+,37+,39+/m0/s1. The van der Waals surface area contributed by atoms with Crippen LogP contribution in [0, 0.1) is 17.3 Å². The largest absolute Gasteiger partial charge is 0.479 e. The number of para-hydroxylation sites is 1. The molecule has 1 aliphatic carbocycles. The van der Waals surface area contributed by atoms with Crippen molar-refractivity contribution in [2.45, 2.75) is 77.3 Å². The van der Waals surface area contributed by atoms with Crippen LogP contribution in [0.5, 0.6) is 17.2 Å². The first-order valence-electron chi connectivity index (χ1n) is 16.5.